The van der Waals surface area contributed by atoms with Gasteiger partial charge in [0.2, 0.25) is 0 Å². The van der Waals surface area contributed by atoms with Crippen molar-refractivity contribution in [3.05, 3.63) is 185 Å². The van der Waals surface area contributed by atoms with Gasteiger partial charge in [-0.1, -0.05) is 47.0 Å². The molecule has 2 aliphatic carbocycles. The summed E-state index contributed by atoms with van der Waals surface area (Å²) < 4.78 is 144. The number of fused-ring (bicyclic) bond motifs is 2. The number of carboxylic acids is 2. The Morgan fingerprint density at radius 3 is 1.42 bits per heavy atom. The maximum atomic E-state index is 15.2. The van der Waals surface area contributed by atoms with E-state index in [2.05, 4.69) is 55.8 Å². The van der Waals surface area contributed by atoms with E-state index in [-0.39, 0.29) is 101 Å². The molecule has 0 radical (unpaired) electrons. The predicted octanol–water partition coefficient (Wildman–Crippen LogP) is 11.0. The summed E-state index contributed by atoms with van der Waals surface area (Å²) in [5.74, 6) is -7.89. The molecule has 6 heterocycles. The maximum absolute atomic E-state index is 15.2. The number of aromatic nitrogens is 10. The normalized spacial score (nSPS) is 16.7. The Kier molecular flexibility index (Phi) is 19.0. The molecule has 10 aromatic rings. The van der Waals surface area contributed by atoms with E-state index in [9.17, 15) is 53.5 Å². The molecule has 7 N–H and O–H groups in total. The topological polar surface area (TPSA) is 318 Å². The highest BCUT2D eigenvalue weighted by atomic mass is 35.5. The van der Waals surface area contributed by atoms with Gasteiger partial charge in [0.1, 0.15) is 46.3 Å². The van der Waals surface area contributed by atoms with Gasteiger partial charge in [0.25, 0.3) is 20.0 Å². The van der Waals surface area contributed by atoms with Crippen LogP contribution >= 0.6 is 11.6 Å². The largest absolute Gasteiger partial charge is 0.477 e. The highest BCUT2D eigenvalue weighted by Crippen LogP contribution is 2.37. The van der Waals surface area contributed by atoms with Crippen LogP contribution in [-0.2, 0) is 20.0 Å². The van der Waals surface area contributed by atoms with Gasteiger partial charge in [0.05, 0.1) is 22.2 Å². The minimum atomic E-state index is -4.32. The number of nitrogens with one attached hydrogen (secondary N) is 3. The molecule has 31 heteroatoms. The van der Waals surface area contributed by atoms with Gasteiger partial charge in [-0.25, -0.2) is 101 Å². The fourth-order valence-corrected chi connectivity index (χ4v) is 13.4. The van der Waals surface area contributed by atoms with E-state index in [1.807, 2.05) is 0 Å². The lowest BCUT2D eigenvalue weighted by atomic mass is 9.91. The molecule has 2 saturated carbocycles. The van der Waals surface area contributed by atoms with Crippen molar-refractivity contribution in [2.24, 2.45) is 5.73 Å². The van der Waals surface area contributed by atoms with Crippen LogP contribution in [0.15, 0.2) is 132 Å². The van der Waals surface area contributed by atoms with Crippen LogP contribution in [0, 0.1) is 48.8 Å². The second kappa shape index (κ2) is 26.8. The Bertz CT molecular complexity index is 4650. The molecular weight excluding hydrogens is 1260 g/mol. The fraction of sp³-hybridized carbons (Fsp3) is 0.233. The molecule has 0 saturated heterocycles. The monoisotopic (exact) mass is 1310 g/mol. The number of benzene rings is 4. The van der Waals surface area contributed by atoms with Crippen molar-refractivity contribution in [2.45, 2.75) is 99.2 Å². The van der Waals surface area contributed by atoms with Crippen LogP contribution in [0.2, 0.25) is 5.15 Å². The van der Waals surface area contributed by atoms with Crippen LogP contribution in [0.25, 0.3) is 44.6 Å². The lowest BCUT2D eigenvalue weighted by Gasteiger charge is -2.31. The second-order valence-electron chi connectivity index (χ2n) is 21.4. The third-order valence-electron chi connectivity index (χ3n) is 14.9. The zero-order valence-electron chi connectivity index (χ0n) is 47.9. The van der Waals surface area contributed by atoms with Crippen LogP contribution in [0.4, 0.5) is 43.8 Å². The molecule has 6 aromatic heterocycles. The molecule has 0 amide bonds. The Morgan fingerprint density at radius 1 is 0.549 bits per heavy atom. The van der Waals surface area contributed by atoms with Gasteiger partial charge in [-0.2, -0.15) is 0 Å². The number of rotatable bonds is 14. The van der Waals surface area contributed by atoms with Gasteiger partial charge in [-0.15, -0.1) is 0 Å². The highest BCUT2D eigenvalue weighted by molar-refractivity contribution is 7.90. The van der Waals surface area contributed by atoms with Gasteiger partial charge >= 0.3 is 11.9 Å². The molecule has 0 spiro atoms. The SMILES string of the molecule is Cc1ccc(S(=O)(=O)n2cc(-c3ncc(F)c(N[C@@H]4CCC[C@H](N)C4)n3)c3cc(F)cc(F)c32)cc1.Cc1ccc(S(=O)(=O)n2cc(-c3ncc(F)c(N[C@@H]4CCC[C@H](Nc5cc(C(=O)O)ncn5)C4)n3)c3cc(F)cc(F)c32)cc1.O=C(O)c1cc(Cl)ncn1. The van der Waals surface area contributed by atoms with Crippen molar-refractivity contribution >= 4 is 82.8 Å². The molecule has 12 rings (SSSR count). The summed E-state index contributed by atoms with van der Waals surface area (Å²) in [6.45, 7) is 3.60. The first-order valence-corrected chi connectivity index (χ1v) is 31.1. The van der Waals surface area contributed by atoms with Crippen molar-refractivity contribution in [2.75, 3.05) is 16.0 Å². The number of anilines is 3. The van der Waals surface area contributed by atoms with E-state index in [1.165, 1.54) is 36.4 Å². The number of halogens is 7. The molecule has 472 valence electrons. The summed E-state index contributed by atoms with van der Waals surface area (Å²) >= 11 is 5.37. The molecular formula is C60H53ClF6N14O8S2. The van der Waals surface area contributed by atoms with Crippen LogP contribution in [0.3, 0.4) is 0 Å². The van der Waals surface area contributed by atoms with Crippen molar-refractivity contribution in [3.8, 4) is 22.8 Å². The first kappa shape index (κ1) is 64.3. The summed E-state index contributed by atoms with van der Waals surface area (Å²) in [4.78, 5) is 52.6. The zero-order valence-corrected chi connectivity index (χ0v) is 50.3. The van der Waals surface area contributed by atoms with Gasteiger partial charge in [0.15, 0.2) is 57.9 Å². The first-order valence-electron chi connectivity index (χ1n) is 27.8. The van der Waals surface area contributed by atoms with E-state index in [4.69, 9.17) is 22.4 Å². The number of aryl methyl sites for hydroxylation is 2. The molecule has 4 aromatic carbocycles. The molecule has 2 fully saturated rings. The van der Waals surface area contributed by atoms with Crippen LogP contribution in [0.5, 0.6) is 0 Å². The van der Waals surface area contributed by atoms with E-state index < -0.39 is 72.4 Å². The maximum Gasteiger partial charge on any atom is 0.354 e. The molecule has 0 aliphatic heterocycles. The third kappa shape index (κ3) is 14.5. The standard InChI is InChI=1S/C30H26F3N7O4S.C25H24F3N5O2S.C5H3ClN2O2/c1-16-5-7-20(8-6-16)45(43,44)40-14-22(21-9-17(31)10-23(32)27(21)40)28-34-13-24(33)29(39-28)38-19-4-2-3-18(11-19)37-26-12-25(30(41)42)35-15-36-26;1-14-5-7-18(8-6-14)36(34,35)33-13-20(19-9-15(26)10-21(27)23(19)33)24-30-12-22(28)25(32-24)31-17-4-2-3-16(29)11-17;6-4-1-3(5(9)10)7-2-8-4/h5-10,12-15,18-19H,2-4,11H2,1H3,(H,41,42)(H,34,38,39)(H,35,36,37);5-10,12-13,16-17H,2-4,11,29H2,1H3,(H,30,31,32);1-2H,(H,9,10)/t18-,19+;16-,17+;/m00./s1. The number of aromatic carboxylic acids is 2. The van der Waals surface area contributed by atoms with Gasteiger partial charge < -0.3 is 31.9 Å². The molecule has 91 heavy (non-hydrogen) atoms. The second-order valence-corrected chi connectivity index (χ2v) is 25.4. The Labute approximate surface area is 519 Å². The lowest BCUT2D eigenvalue weighted by Crippen LogP contribution is -2.35. The summed E-state index contributed by atoms with van der Waals surface area (Å²) in [6, 6.07) is 17.2. The summed E-state index contributed by atoms with van der Waals surface area (Å²) in [5.41, 5.74) is 6.73. The number of hydrogen-bond donors (Lipinski definition) is 6. The quantitative estimate of drug-likeness (QED) is 0.0435. The average Bonchev–Trinajstić information content (AvgIpc) is 1.61. The lowest BCUT2D eigenvalue weighted by molar-refractivity contribution is 0.0679. The van der Waals surface area contributed by atoms with E-state index in [1.54, 1.807) is 38.1 Å². The molecule has 22 nitrogen and oxygen atoms in total. The Hall–Kier alpha value is -9.65. The zero-order chi connectivity index (χ0) is 65.1. The highest BCUT2D eigenvalue weighted by Gasteiger charge is 2.30. The summed E-state index contributed by atoms with van der Waals surface area (Å²) in [7, 11) is -8.58. The smallest absolute Gasteiger partial charge is 0.354 e. The molecule has 0 bridgehead atoms. The summed E-state index contributed by atoms with van der Waals surface area (Å²) in [6.07, 6.45) is 12.3. The van der Waals surface area contributed by atoms with E-state index in [0.29, 0.717) is 37.2 Å². The van der Waals surface area contributed by atoms with Crippen molar-refractivity contribution in [1.29, 1.82) is 0 Å². The number of nitrogens with two attached hydrogens (primary N) is 1. The van der Waals surface area contributed by atoms with Crippen molar-refractivity contribution in [1.82, 2.24) is 47.8 Å². The molecule has 0 unspecified atom stereocenters. The van der Waals surface area contributed by atoms with Crippen LogP contribution < -0.4 is 21.7 Å². The predicted molar refractivity (Wildman–Crippen MR) is 323 cm³/mol. The average molecular weight is 1310 g/mol. The van der Waals surface area contributed by atoms with Gasteiger partial charge in [-0.05, 0) is 102 Å². The number of hydrogen-bond acceptors (Lipinski definition) is 18. The molecule has 4 atom stereocenters. The number of nitrogens with zero attached hydrogens (tertiary/aromatic N) is 10. The van der Waals surface area contributed by atoms with Gasteiger partial charge in [0, 0.05) is 82.7 Å². The van der Waals surface area contributed by atoms with Gasteiger partial charge in [-0.3, -0.25) is 0 Å². The summed E-state index contributed by atoms with van der Waals surface area (Å²) in [5, 5.41) is 26.9. The number of carboxylic acid groups (broad SMARTS) is 2. The Balaban J connectivity index is 0.000000176. The molecule has 2 aliphatic rings. The first-order chi connectivity index (χ1) is 43.3. The fourth-order valence-electron chi connectivity index (χ4n) is 10.5. The van der Waals surface area contributed by atoms with Crippen LogP contribution in [0.1, 0.15) is 83.5 Å². The minimum Gasteiger partial charge on any atom is -0.477 e. The minimum absolute atomic E-state index is 0.00322. The van der Waals surface area contributed by atoms with Crippen LogP contribution in [-0.4, -0.2) is 111 Å². The third-order valence-corrected chi connectivity index (χ3v) is 18.4. The van der Waals surface area contributed by atoms with E-state index in [0.717, 1.165) is 101 Å². The Morgan fingerprint density at radius 2 is 0.978 bits per heavy atom. The van der Waals surface area contributed by atoms with Crippen molar-refractivity contribution < 1.29 is 63.0 Å². The van der Waals surface area contributed by atoms with Crippen molar-refractivity contribution in [3.63, 3.8) is 0 Å². The number of carbonyl (C=O) groups is 2. The van der Waals surface area contributed by atoms with E-state index >= 15 is 4.39 Å².